The lowest BCUT2D eigenvalue weighted by Crippen LogP contribution is -2.42. The maximum atomic E-state index is 14.3. The third-order valence-electron chi connectivity index (χ3n) is 7.39. The molecule has 4 aromatic heterocycles. The van der Waals surface area contributed by atoms with Gasteiger partial charge in [-0.2, -0.15) is 18.3 Å². The Hall–Kier alpha value is -3.70. The first-order valence-corrected chi connectivity index (χ1v) is 12.1. The van der Waals surface area contributed by atoms with Gasteiger partial charge in [-0.3, -0.25) is 4.68 Å². The predicted octanol–water partition coefficient (Wildman–Crippen LogP) is 4.77. The Morgan fingerprint density at radius 3 is 2.61 bits per heavy atom. The summed E-state index contributed by atoms with van der Waals surface area (Å²) in [7, 11) is 1.82. The number of hydrogen-bond acceptors (Lipinski definition) is 6. The molecule has 5 heterocycles. The van der Waals surface area contributed by atoms with E-state index in [4.69, 9.17) is 4.98 Å². The molecule has 0 saturated heterocycles. The number of halogens is 3. The molecular formula is C24H26F3N9. The lowest BCUT2D eigenvalue weighted by atomic mass is 9.84. The first-order valence-electron chi connectivity index (χ1n) is 12.1. The number of aryl methyl sites for hydroxylation is 3. The van der Waals surface area contributed by atoms with E-state index in [9.17, 15) is 13.2 Å². The van der Waals surface area contributed by atoms with Crippen molar-refractivity contribution in [2.24, 2.45) is 7.05 Å². The number of alkyl halides is 3. The van der Waals surface area contributed by atoms with Crippen molar-refractivity contribution in [1.82, 2.24) is 39.1 Å². The second kappa shape index (κ2) is 8.17. The van der Waals surface area contributed by atoms with E-state index in [1.165, 1.54) is 0 Å². The number of fused-ring (bicyclic) bond motifs is 3. The smallest absolute Gasteiger partial charge is 0.344 e. The Bertz CT molecular complexity index is 1420. The van der Waals surface area contributed by atoms with Gasteiger partial charge in [0, 0.05) is 44.2 Å². The molecule has 0 amide bonds. The van der Waals surface area contributed by atoms with Crippen molar-refractivity contribution < 1.29 is 13.2 Å². The first-order chi connectivity index (χ1) is 17.3. The SMILES string of the molecule is Cc1cnc(Nc2ccnn2C)nc1-c1cc2n(c1)CCCn1c-2nnc1C1(C(F)(F)F)CCCC1. The van der Waals surface area contributed by atoms with Crippen LogP contribution in [-0.2, 0) is 25.6 Å². The molecule has 1 aliphatic heterocycles. The summed E-state index contributed by atoms with van der Waals surface area (Å²) in [5, 5.41) is 15.8. The molecule has 1 aliphatic carbocycles. The maximum Gasteiger partial charge on any atom is 0.401 e. The highest BCUT2D eigenvalue weighted by molar-refractivity contribution is 5.70. The summed E-state index contributed by atoms with van der Waals surface area (Å²) >= 11 is 0. The summed E-state index contributed by atoms with van der Waals surface area (Å²) < 4.78 is 48.3. The fourth-order valence-electron chi connectivity index (χ4n) is 5.49. The van der Waals surface area contributed by atoms with E-state index >= 15 is 0 Å². The van der Waals surface area contributed by atoms with Crippen LogP contribution in [0.3, 0.4) is 0 Å². The number of hydrogen-bond donors (Lipinski definition) is 1. The maximum absolute atomic E-state index is 14.3. The highest BCUT2D eigenvalue weighted by Crippen LogP contribution is 2.52. The van der Waals surface area contributed by atoms with E-state index in [1.807, 2.05) is 36.9 Å². The summed E-state index contributed by atoms with van der Waals surface area (Å²) in [6.45, 7) is 3.05. The quantitative estimate of drug-likeness (QED) is 0.437. The van der Waals surface area contributed by atoms with Crippen LogP contribution in [0.2, 0.25) is 0 Å². The molecule has 0 bridgehead atoms. The van der Waals surface area contributed by atoms with Crippen molar-refractivity contribution in [3.05, 3.63) is 42.1 Å². The first kappa shape index (κ1) is 22.7. The number of nitrogens with zero attached hydrogens (tertiary/aromatic N) is 8. The van der Waals surface area contributed by atoms with Crippen LogP contribution in [0.5, 0.6) is 0 Å². The van der Waals surface area contributed by atoms with Gasteiger partial charge in [0.05, 0.1) is 17.6 Å². The molecule has 188 valence electrons. The summed E-state index contributed by atoms with van der Waals surface area (Å²) in [4.78, 5) is 9.11. The van der Waals surface area contributed by atoms with E-state index in [0.717, 1.165) is 28.3 Å². The average Bonchev–Trinajstić information content (AvgIpc) is 3.61. The van der Waals surface area contributed by atoms with Crippen LogP contribution in [0.25, 0.3) is 22.8 Å². The van der Waals surface area contributed by atoms with Crippen molar-refractivity contribution in [2.75, 3.05) is 5.32 Å². The summed E-state index contributed by atoms with van der Waals surface area (Å²) in [5.41, 5.74) is 1.30. The van der Waals surface area contributed by atoms with Crippen LogP contribution in [0.15, 0.2) is 30.7 Å². The molecule has 1 saturated carbocycles. The van der Waals surface area contributed by atoms with Gasteiger partial charge in [-0.05, 0) is 37.8 Å². The molecule has 12 heteroatoms. The highest BCUT2D eigenvalue weighted by atomic mass is 19.4. The molecule has 0 atom stereocenters. The van der Waals surface area contributed by atoms with E-state index in [1.54, 1.807) is 21.6 Å². The molecule has 0 radical (unpaired) electrons. The summed E-state index contributed by atoms with van der Waals surface area (Å²) in [5.74, 6) is 1.71. The lowest BCUT2D eigenvalue weighted by molar-refractivity contribution is -0.192. The second-order valence-electron chi connectivity index (χ2n) is 9.64. The van der Waals surface area contributed by atoms with Gasteiger partial charge in [0.2, 0.25) is 5.95 Å². The fraction of sp³-hybridized carbons (Fsp3) is 0.458. The monoisotopic (exact) mass is 497 g/mol. The molecule has 0 unspecified atom stereocenters. The Balaban J connectivity index is 1.40. The van der Waals surface area contributed by atoms with Crippen LogP contribution in [0.4, 0.5) is 24.9 Å². The van der Waals surface area contributed by atoms with E-state index in [0.29, 0.717) is 44.1 Å². The van der Waals surface area contributed by atoms with Gasteiger partial charge in [-0.1, -0.05) is 12.8 Å². The Morgan fingerprint density at radius 1 is 1.08 bits per heavy atom. The molecule has 1 fully saturated rings. The predicted molar refractivity (Wildman–Crippen MR) is 127 cm³/mol. The van der Waals surface area contributed by atoms with Crippen molar-refractivity contribution in [1.29, 1.82) is 0 Å². The molecule has 0 aromatic carbocycles. The fourth-order valence-corrected chi connectivity index (χ4v) is 5.49. The van der Waals surface area contributed by atoms with Gasteiger partial charge in [0.1, 0.15) is 17.1 Å². The summed E-state index contributed by atoms with van der Waals surface area (Å²) in [6, 6.07) is 3.76. The van der Waals surface area contributed by atoms with Crippen molar-refractivity contribution in [3.63, 3.8) is 0 Å². The number of nitrogens with one attached hydrogen (secondary N) is 1. The Labute approximate surface area is 205 Å². The van der Waals surface area contributed by atoms with Crippen LogP contribution >= 0.6 is 0 Å². The second-order valence-corrected chi connectivity index (χ2v) is 9.64. The molecule has 9 nitrogen and oxygen atoms in total. The van der Waals surface area contributed by atoms with Gasteiger partial charge in [0.15, 0.2) is 5.82 Å². The van der Waals surface area contributed by atoms with Gasteiger partial charge in [-0.15, -0.1) is 10.2 Å². The van der Waals surface area contributed by atoms with Gasteiger partial charge in [0.25, 0.3) is 0 Å². The van der Waals surface area contributed by atoms with Crippen LogP contribution < -0.4 is 5.32 Å². The minimum Gasteiger partial charge on any atom is -0.344 e. The molecule has 2 aliphatic rings. The lowest BCUT2D eigenvalue weighted by Gasteiger charge is -2.30. The minimum atomic E-state index is -4.36. The molecule has 4 aromatic rings. The zero-order chi connectivity index (χ0) is 25.1. The average molecular weight is 498 g/mol. The third kappa shape index (κ3) is 3.49. The zero-order valence-corrected chi connectivity index (χ0v) is 20.0. The van der Waals surface area contributed by atoms with Gasteiger partial charge < -0.3 is 14.5 Å². The zero-order valence-electron chi connectivity index (χ0n) is 20.0. The van der Waals surface area contributed by atoms with Gasteiger partial charge >= 0.3 is 6.18 Å². The van der Waals surface area contributed by atoms with Crippen molar-refractivity contribution in [3.8, 4) is 22.8 Å². The molecule has 0 spiro atoms. The standard InChI is InChI=1S/C24H26F3N9/c1-15-13-28-22(30-18-6-9-29-34(18)2)31-19(15)16-12-17-20-32-33-21(36(20)11-5-10-35(17)14-16)23(24(25,26)27)7-3-4-8-23/h6,9,12-14H,3-5,7-8,10-11H2,1-2H3,(H,28,30,31). The number of aromatic nitrogens is 8. The van der Waals surface area contributed by atoms with Crippen LogP contribution in [0.1, 0.15) is 43.5 Å². The molecule has 36 heavy (non-hydrogen) atoms. The highest BCUT2D eigenvalue weighted by Gasteiger charge is 2.60. The molecule has 6 rings (SSSR count). The Morgan fingerprint density at radius 2 is 1.89 bits per heavy atom. The van der Waals surface area contributed by atoms with Crippen molar-refractivity contribution >= 4 is 11.8 Å². The molecule has 1 N–H and O–H groups in total. The van der Waals surface area contributed by atoms with Crippen molar-refractivity contribution in [2.45, 2.75) is 63.7 Å². The minimum absolute atomic E-state index is 0.0552. The topological polar surface area (TPSA) is 91.3 Å². The summed E-state index contributed by atoms with van der Waals surface area (Å²) in [6.07, 6.45) is 2.96. The third-order valence-corrected chi connectivity index (χ3v) is 7.39. The largest absolute Gasteiger partial charge is 0.401 e. The number of anilines is 2. The van der Waals surface area contributed by atoms with E-state index in [2.05, 4.69) is 25.6 Å². The van der Waals surface area contributed by atoms with Crippen LogP contribution in [0, 0.1) is 6.92 Å². The van der Waals surface area contributed by atoms with Gasteiger partial charge in [-0.25, -0.2) is 9.97 Å². The van der Waals surface area contributed by atoms with E-state index in [-0.39, 0.29) is 18.7 Å². The normalized spacial score (nSPS) is 17.0. The number of rotatable bonds is 4. The Kier molecular flexibility index (Phi) is 5.16. The van der Waals surface area contributed by atoms with E-state index < -0.39 is 11.6 Å². The van der Waals surface area contributed by atoms with Crippen LogP contribution in [-0.4, -0.2) is 45.3 Å². The molecular weight excluding hydrogens is 471 g/mol.